The van der Waals surface area contributed by atoms with Gasteiger partial charge in [0.25, 0.3) is 0 Å². The Hall–Kier alpha value is -2.45. The van der Waals surface area contributed by atoms with Crippen LogP contribution >= 0.6 is 0 Å². The number of benzene rings is 1. The third-order valence-corrected chi connectivity index (χ3v) is 6.57. The number of carbonyl (C=O) groups excluding carboxylic acids is 3. The molecule has 2 fully saturated rings. The summed E-state index contributed by atoms with van der Waals surface area (Å²) in [6.07, 6.45) is -0.0128. The molecule has 31 heavy (non-hydrogen) atoms. The molecule has 0 aliphatic carbocycles. The molecule has 3 amide bonds. The summed E-state index contributed by atoms with van der Waals surface area (Å²) in [4.78, 5) is 47.2. The summed E-state index contributed by atoms with van der Waals surface area (Å²) in [6, 6.07) is 7.46. The van der Waals surface area contributed by atoms with Crippen LogP contribution in [-0.4, -0.2) is 104 Å². The van der Waals surface area contributed by atoms with Crippen LogP contribution in [0.1, 0.15) is 25.3 Å². The fraction of sp³-hybridized carbons (Fsp3) is 0.609. The lowest BCUT2D eigenvalue weighted by Crippen LogP contribution is -2.53. The summed E-state index contributed by atoms with van der Waals surface area (Å²) in [5, 5.41) is 0. The van der Waals surface area contributed by atoms with Crippen molar-refractivity contribution < 1.29 is 19.1 Å². The van der Waals surface area contributed by atoms with E-state index in [2.05, 4.69) is 11.8 Å². The molecule has 2 heterocycles. The predicted molar refractivity (Wildman–Crippen MR) is 118 cm³/mol. The van der Waals surface area contributed by atoms with Crippen molar-refractivity contribution >= 4 is 17.7 Å². The Morgan fingerprint density at radius 2 is 2.00 bits per heavy atom. The van der Waals surface area contributed by atoms with Gasteiger partial charge in [-0.25, -0.2) is 0 Å². The molecular weight excluding hydrogens is 396 g/mol. The molecule has 0 N–H and O–H groups in total. The van der Waals surface area contributed by atoms with Crippen LogP contribution in [0.15, 0.2) is 24.3 Å². The van der Waals surface area contributed by atoms with E-state index in [1.54, 1.807) is 25.3 Å². The van der Waals surface area contributed by atoms with Gasteiger partial charge in [-0.2, -0.15) is 0 Å². The molecule has 3 rings (SSSR count). The van der Waals surface area contributed by atoms with Gasteiger partial charge in [-0.1, -0.05) is 12.1 Å². The van der Waals surface area contributed by atoms with Crippen molar-refractivity contribution in [2.45, 2.75) is 31.2 Å². The van der Waals surface area contributed by atoms with E-state index in [4.69, 9.17) is 4.74 Å². The van der Waals surface area contributed by atoms with Gasteiger partial charge in [0.1, 0.15) is 5.75 Å². The third-order valence-electron chi connectivity index (χ3n) is 6.57. The van der Waals surface area contributed by atoms with E-state index in [9.17, 15) is 14.4 Å². The maximum absolute atomic E-state index is 13.7. The molecule has 2 atom stereocenters. The van der Waals surface area contributed by atoms with E-state index >= 15 is 0 Å². The first-order valence-corrected chi connectivity index (χ1v) is 10.8. The molecule has 0 bridgehead atoms. The van der Waals surface area contributed by atoms with E-state index in [0.29, 0.717) is 37.5 Å². The summed E-state index contributed by atoms with van der Waals surface area (Å²) < 4.78 is 5.36. The number of amides is 3. The van der Waals surface area contributed by atoms with Gasteiger partial charge in [-0.3, -0.25) is 19.3 Å². The number of imide groups is 1. The molecule has 1 aromatic rings. The molecule has 8 nitrogen and oxygen atoms in total. The summed E-state index contributed by atoms with van der Waals surface area (Å²) in [7, 11) is 7.41. The van der Waals surface area contributed by atoms with Crippen LogP contribution in [0.4, 0.5) is 0 Å². The van der Waals surface area contributed by atoms with Gasteiger partial charge >= 0.3 is 0 Å². The molecule has 0 saturated carbocycles. The Labute approximate surface area is 184 Å². The highest BCUT2D eigenvalue weighted by molar-refractivity contribution is 6.10. The van der Waals surface area contributed by atoms with E-state index < -0.39 is 5.41 Å². The third kappa shape index (κ3) is 4.75. The first-order valence-electron chi connectivity index (χ1n) is 10.8. The number of carbonyl (C=O) groups is 3. The Morgan fingerprint density at radius 1 is 1.26 bits per heavy atom. The van der Waals surface area contributed by atoms with Crippen LogP contribution in [0.25, 0.3) is 0 Å². The molecule has 0 radical (unpaired) electrons. The number of ether oxygens (including phenoxy) is 1. The van der Waals surface area contributed by atoms with E-state index in [1.807, 2.05) is 37.0 Å². The van der Waals surface area contributed by atoms with E-state index in [0.717, 1.165) is 6.54 Å². The van der Waals surface area contributed by atoms with Gasteiger partial charge in [0.2, 0.25) is 17.7 Å². The number of nitrogens with zero attached hydrogens (tertiary/aromatic N) is 4. The molecule has 2 saturated heterocycles. The smallest absolute Gasteiger partial charge is 0.240 e. The van der Waals surface area contributed by atoms with Crippen molar-refractivity contribution in [2.24, 2.45) is 0 Å². The highest BCUT2D eigenvalue weighted by Gasteiger charge is 2.54. The zero-order chi connectivity index (χ0) is 22.8. The Kier molecular flexibility index (Phi) is 7.01. The maximum atomic E-state index is 13.7. The van der Waals surface area contributed by atoms with Crippen molar-refractivity contribution in [2.75, 3.05) is 61.0 Å². The van der Waals surface area contributed by atoms with Crippen molar-refractivity contribution in [3.63, 3.8) is 0 Å². The SMILES string of the molecule is COc1cccc([C@]2(CC(=O)N3CCN(C)[C@H](C)C3)CC(=O)N(CCN(C)C)C2=O)c1. The van der Waals surface area contributed by atoms with Crippen LogP contribution < -0.4 is 4.74 Å². The van der Waals surface area contributed by atoms with Crippen LogP contribution in [0.2, 0.25) is 0 Å². The second-order valence-electron chi connectivity index (χ2n) is 8.99. The van der Waals surface area contributed by atoms with Crippen molar-refractivity contribution in [3.8, 4) is 5.75 Å². The number of rotatable bonds is 7. The first kappa shape index (κ1) is 23.2. The number of hydrogen-bond donors (Lipinski definition) is 0. The van der Waals surface area contributed by atoms with E-state index in [-0.39, 0.29) is 36.6 Å². The lowest BCUT2D eigenvalue weighted by molar-refractivity contribution is -0.143. The molecule has 1 aromatic carbocycles. The fourth-order valence-corrected chi connectivity index (χ4v) is 4.36. The Balaban J connectivity index is 1.93. The van der Waals surface area contributed by atoms with Gasteiger partial charge < -0.3 is 19.4 Å². The zero-order valence-corrected chi connectivity index (χ0v) is 19.3. The average Bonchev–Trinajstić information content (AvgIpc) is 2.98. The molecule has 2 aliphatic heterocycles. The number of likely N-dealkylation sites (N-methyl/N-ethyl adjacent to an activating group) is 2. The molecule has 0 unspecified atom stereocenters. The fourth-order valence-electron chi connectivity index (χ4n) is 4.36. The first-order chi connectivity index (χ1) is 14.7. The predicted octanol–water partition coefficient (Wildman–Crippen LogP) is 0.806. The molecule has 0 spiro atoms. The second kappa shape index (κ2) is 9.36. The quantitative estimate of drug-likeness (QED) is 0.596. The second-order valence-corrected chi connectivity index (χ2v) is 8.99. The molecule has 8 heteroatoms. The van der Waals surface area contributed by atoms with Crippen molar-refractivity contribution in [1.82, 2.24) is 19.6 Å². The minimum atomic E-state index is -1.19. The summed E-state index contributed by atoms with van der Waals surface area (Å²) >= 11 is 0. The van der Waals surface area contributed by atoms with Crippen LogP contribution in [0.3, 0.4) is 0 Å². The van der Waals surface area contributed by atoms with Crippen LogP contribution in [-0.2, 0) is 19.8 Å². The van der Waals surface area contributed by atoms with Gasteiger partial charge in [0.15, 0.2) is 0 Å². The molecule has 2 aliphatic rings. The van der Waals surface area contributed by atoms with Crippen LogP contribution in [0.5, 0.6) is 5.75 Å². The van der Waals surface area contributed by atoms with Crippen molar-refractivity contribution in [1.29, 1.82) is 0 Å². The minimum Gasteiger partial charge on any atom is -0.497 e. The summed E-state index contributed by atoms with van der Waals surface area (Å²) in [6.45, 7) is 5.02. The monoisotopic (exact) mass is 430 g/mol. The topological polar surface area (TPSA) is 73.4 Å². The lowest BCUT2D eigenvalue weighted by Gasteiger charge is -2.39. The largest absolute Gasteiger partial charge is 0.497 e. The van der Waals surface area contributed by atoms with Crippen LogP contribution in [0, 0.1) is 0 Å². The number of hydrogen-bond acceptors (Lipinski definition) is 6. The summed E-state index contributed by atoms with van der Waals surface area (Å²) in [5.74, 6) is 0.000239. The lowest BCUT2D eigenvalue weighted by atomic mass is 9.75. The zero-order valence-electron chi connectivity index (χ0n) is 19.3. The van der Waals surface area contributed by atoms with Gasteiger partial charge in [-0.05, 0) is 45.8 Å². The highest BCUT2D eigenvalue weighted by atomic mass is 16.5. The Bertz CT molecular complexity index is 843. The molecule has 170 valence electrons. The maximum Gasteiger partial charge on any atom is 0.240 e. The number of likely N-dealkylation sites (tertiary alicyclic amines) is 1. The Morgan fingerprint density at radius 3 is 2.65 bits per heavy atom. The van der Waals surface area contributed by atoms with E-state index in [1.165, 1.54) is 4.90 Å². The van der Waals surface area contributed by atoms with Gasteiger partial charge in [-0.15, -0.1) is 0 Å². The summed E-state index contributed by atoms with van der Waals surface area (Å²) in [5.41, 5.74) is -0.533. The van der Waals surface area contributed by atoms with Gasteiger partial charge in [0.05, 0.1) is 12.5 Å². The highest BCUT2D eigenvalue weighted by Crippen LogP contribution is 2.41. The molecule has 0 aromatic heterocycles. The van der Waals surface area contributed by atoms with Gasteiger partial charge in [0, 0.05) is 51.6 Å². The van der Waals surface area contributed by atoms with Crippen molar-refractivity contribution in [3.05, 3.63) is 29.8 Å². The number of piperazine rings is 1. The minimum absolute atomic E-state index is 0.00145. The molecular formula is C23H34N4O4. The normalized spacial score (nSPS) is 24.9. The average molecular weight is 431 g/mol. The standard InChI is InChI=1S/C23H34N4O4/c1-17-16-26(11-10-25(17)4)20(28)14-23(18-7-6-8-19(13-18)31-5)15-21(29)27(22(23)30)12-9-24(2)3/h6-8,13,17H,9-12,14-16H2,1-5H3/t17-,23+/m1/s1. The number of methoxy groups -OCH3 is 1.